The molecule has 2 aromatic carbocycles. The van der Waals surface area contributed by atoms with Crippen LogP contribution >= 0.6 is 0 Å². The SMILES string of the molecule is N#CCN(CC(=O)Nc1cccc(S(=O)(=O)N2CCOCC2)c1)Cc1ccccc1. The molecule has 0 aromatic heterocycles. The molecule has 1 heterocycles. The second-order valence-electron chi connectivity index (χ2n) is 6.88. The normalized spacial score (nSPS) is 14.9. The molecule has 30 heavy (non-hydrogen) atoms. The van der Waals surface area contributed by atoms with Crippen LogP contribution in [0.1, 0.15) is 5.56 Å². The smallest absolute Gasteiger partial charge is 0.243 e. The molecule has 8 nitrogen and oxygen atoms in total. The third kappa shape index (κ3) is 5.87. The zero-order valence-electron chi connectivity index (χ0n) is 16.5. The molecule has 0 spiro atoms. The van der Waals surface area contributed by atoms with Gasteiger partial charge in [0.05, 0.1) is 37.3 Å². The number of carbonyl (C=O) groups is 1. The third-order valence-electron chi connectivity index (χ3n) is 4.64. The van der Waals surface area contributed by atoms with E-state index in [2.05, 4.69) is 11.4 Å². The van der Waals surface area contributed by atoms with Crippen LogP contribution in [-0.4, -0.2) is 62.9 Å². The number of benzene rings is 2. The van der Waals surface area contributed by atoms with Gasteiger partial charge in [0, 0.05) is 25.3 Å². The summed E-state index contributed by atoms with van der Waals surface area (Å²) in [5.74, 6) is -0.317. The van der Waals surface area contributed by atoms with E-state index in [1.165, 1.54) is 16.4 Å². The summed E-state index contributed by atoms with van der Waals surface area (Å²) in [6, 6.07) is 17.9. The van der Waals surface area contributed by atoms with Crippen molar-refractivity contribution in [1.29, 1.82) is 5.26 Å². The first-order valence-electron chi connectivity index (χ1n) is 9.60. The fourth-order valence-corrected chi connectivity index (χ4v) is 4.64. The van der Waals surface area contributed by atoms with Crippen LogP contribution in [0.5, 0.6) is 0 Å². The highest BCUT2D eigenvalue weighted by molar-refractivity contribution is 7.89. The number of carbonyl (C=O) groups excluding carboxylic acids is 1. The molecule has 1 N–H and O–H groups in total. The van der Waals surface area contributed by atoms with Gasteiger partial charge in [-0.1, -0.05) is 36.4 Å². The summed E-state index contributed by atoms with van der Waals surface area (Å²) < 4.78 is 32.2. The highest BCUT2D eigenvalue weighted by Gasteiger charge is 2.26. The first-order chi connectivity index (χ1) is 14.5. The van der Waals surface area contributed by atoms with Crippen LogP contribution in [0, 0.1) is 11.3 Å². The predicted molar refractivity (Wildman–Crippen MR) is 112 cm³/mol. The topological polar surface area (TPSA) is 103 Å². The number of nitrogens with one attached hydrogen (secondary N) is 1. The van der Waals surface area contributed by atoms with Gasteiger partial charge in [-0.15, -0.1) is 0 Å². The molecule has 0 saturated carbocycles. The zero-order valence-corrected chi connectivity index (χ0v) is 17.3. The van der Waals surface area contributed by atoms with E-state index in [-0.39, 0.29) is 23.9 Å². The lowest BCUT2D eigenvalue weighted by Gasteiger charge is -2.26. The number of amides is 1. The molecule has 1 fully saturated rings. The Bertz CT molecular complexity index is 999. The fourth-order valence-electron chi connectivity index (χ4n) is 3.18. The number of rotatable bonds is 8. The molecule has 9 heteroatoms. The Balaban J connectivity index is 1.66. The number of hydrogen-bond donors (Lipinski definition) is 1. The van der Waals surface area contributed by atoms with Gasteiger partial charge in [-0.25, -0.2) is 8.42 Å². The minimum atomic E-state index is -3.64. The quantitative estimate of drug-likeness (QED) is 0.642. The molecule has 0 radical (unpaired) electrons. The maximum Gasteiger partial charge on any atom is 0.243 e. The number of anilines is 1. The van der Waals surface area contributed by atoms with Crippen molar-refractivity contribution in [3.8, 4) is 6.07 Å². The Kier molecular flexibility index (Phi) is 7.54. The van der Waals surface area contributed by atoms with Gasteiger partial charge < -0.3 is 10.1 Å². The van der Waals surface area contributed by atoms with Gasteiger partial charge >= 0.3 is 0 Å². The molecule has 0 atom stereocenters. The number of morpholine rings is 1. The van der Waals surface area contributed by atoms with Crippen molar-refractivity contribution >= 4 is 21.6 Å². The summed E-state index contributed by atoms with van der Waals surface area (Å²) >= 11 is 0. The summed E-state index contributed by atoms with van der Waals surface area (Å²) in [4.78, 5) is 14.4. The lowest BCUT2D eigenvalue weighted by atomic mass is 10.2. The van der Waals surface area contributed by atoms with Gasteiger partial charge in [0.1, 0.15) is 0 Å². The lowest BCUT2D eigenvalue weighted by molar-refractivity contribution is -0.117. The van der Waals surface area contributed by atoms with Crippen molar-refractivity contribution in [2.75, 3.05) is 44.7 Å². The van der Waals surface area contributed by atoms with Gasteiger partial charge in [-0.05, 0) is 23.8 Å². The molecular formula is C21H24N4O4S. The van der Waals surface area contributed by atoms with Crippen LogP contribution < -0.4 is 5.32 Å². The summed E-state index contributed by atoms with van der Waals surface area (Å²) in [6.45, 7) is 1.94. The Hall–Kier alpha value is -2.77. The number of ether oxygens (including phenoxy) is 1. The molecule has 0 unspecified atom stereocenters. The number of hydrogen-bond acceptors (Lipinski definition) is 6. The van der Waals surface area contributed by atoms with Crippen LogP contribution in [0.4, 0.5) is 5.69 Å². The molecule has 158 valence electrons. The number of nitrogens with zero attached hydrogens (tertiary/aromatic N) is 3. The summed E-state index contributed by atoms with van der Waals surface area (Å²) in [5.41, 5.74) is 1.39. The van der Waals surface area contributed by atoms with Crippen molar-refractivity contribution in [3.05, 3.63) is 60.2 Å². The van der Waals surface area contributed by atoms with Crippen LogP contribution in [0.15, 0.2) is 59.5 Å². The monoisotopic (exact) mass is 428 g/mol. The van der Waals surface area contributed by atoms with Gasteiger partial charge in [-0.2, -0.15) is 9.57 Å². The lowest BCUT2D eigenvalue weighted by Crippen LogP contribution is -2.40. The van der Waals surface area contributed by atoms with Gasteiger partial charge in [0.25, 0.3) is 0 Å². The highest BCUT2D eigenvalue weighted by Crippen LogP contribution is 2.20. The van der Waals surface area contributed by atoms with Gasteiger partial charge in [0.2, 0.25) is 15.9 Å². The van der Waals surface area contributed by atoms with Gasteiger partial charge in [-0.3, -0.25) is 9.69 Å². The molecule has 0 aliphatic carbocycles. The molecular weight excluding hydrogens is 404 g/mol. The van der Waals surface area contributed by atoms with E-state index in [0.29, 0.717) is 38.5 Å². The first-order valence-corrected chi connectivity index (χ1v) is 11.0. The number of nitriles is 1. The van der Waals surface area contributed by atoms with Crippen molar-refractivity contribution < 1.29 is 17.9 Å². The molecule has 1 saturated heterocycles. The Labute approximate surface area is 176 Å². The molecule has 1 amide bonds. The summed E-state index contributed by atoms with van der Waals surface area (Å²) in [5, 5.41) is 11.8. The maximum atomic E-state index is 12.8. The molecule has 1 aliphatic heterocycles. The summed E-state index contributed by atoms with van der Waals surface area (Å²) in [6.07, 6.45) is 0. The Morgan fingerprint density at radius 1 is 1.13 bits per heavy atom. The summed E-state index contributed by atoms with van der Waals surface area (Å²) in [7, 11) is -3.64. The molecule has 1 aliphatic rings. The minimum Gasteiger partial charge on any atom is -0.379 e. The average molecular weight is 429 g/mol. The zero-order chi connectivity index (χ0) is 21.4. The molecule has 0 bridgehead atoms. The predicted octanol–water partition coefficient (Wildman–Crippen LogP) is 1.67. The van der Waals surface area contributed by atoms with Crippen molar-refractivity contribution in [3.63, 3.8) is 0 Å². The number of sulfonamides is 1. The second-order valence-corrected chi connectivity index (χ2v) is 8.82. The first kappa shape index (κ1) is 21.9. The fraction of sp³-hybridized carbons (Fsp3) is 0.333. The standard InChI is InChI=1S/C21H24N4O4S/c22-9-10-24(16-18-5-2-1-3-6-18)17-21(26)23-19-7-4-8-20(15-19)30(27,28)25-11-13-29-14-12-25/h1-8,15H,10-14,16-17H2,(H,23,26). The Morgan fingerprint density at radius 3 is 2.57 bits per heavy atom. The van der Waals surface area contributed by atoms with Crippen LogP contribution in [0.2, 0.25) is 0 Å². The average Bonchev–Trinajstić information content (AvgIpc) is 2.75. The van der Waals surface area contributed by atoms with E-state index in [9.17, 15) is 13.2 Å². The van der Waals surface area contributed by atoms with E-state index in [1.807, 2.05) is 30.3 Å². The minimum absolute atomic E-state index is 0.0168. The second kappa shape index (κ2) is 10.3. The third-order valence-corrected chi connectivity index (χ3v) is 6.53. The van der Waals surface area contributed by atoms with Gasteiger partial charge in [0.15, 0.2) is 0 Å². The van der Waals surface area contributed by atoms with E-state index in [1.54, 1.807) is 17.0 Å². The Morgan fingerprint density at radius 2 is 1.87 bits per heavy atom. The van der Waals surface area contributed by atoms with Crippen molar-refractivity contribution in [1.82, 2.24) is 9.21 Å². The van der Waals surface area contributed by atoms with Crippen LogP contribution in [0.25, 0.3) is 0 Å². The molecule has 2 aromatic rings. The maximum absolute atomic E-state index is 12.8. The van der Waals surface area contributed by atoms with E-state index in [0.717, 1.165) is 5.56 Å². The van der Waals surface area contributed by atoms with E-state index >= 15 is 0 Å². The van der Waals surface area contributed by atoms with E-state index in [4.69, 9.17) is 10.00 Å². The van der Waals surface area contributed by atoms with Crippen molar-refractivity contribution in [2.45, 2.75) is 11.4 Å². The van der Waals surface area contributed by atoms with E-state index < -0.39 is 10.0 Å². The molecule has 3 rings (SSSR count). The highest BCUT2D eigenvalue weighted by atomic mass is 32.2. The van der Waals surface area contributed by atoms with Crippen LogP contribution in [0.3, 0.4) is 0 Å². The largest absolute Gasteiger partial charge is 0.379 e. The van der Waals surface area contributed by atoms with Crippen LogP contribution in [-0.2, 0) is 26.1 Å². The van der Waals surface area contributed by atoms with Crippen molar-refractivity contribution in [2.24, 2.45) is 0 Å².